The number of nitrogens with zero attached hydrogens (tertiary/aromatic N) is 4. The molecule has 4 aromatic rings. The van der Waals surface area contributed by atoms with E-state index in [-0.39, 0.29) is 0 Å². The molecule has 0 N–H and O–H groups in total. The van der Waals surface area contributed by atoms with Gasteiger partial charge in [-0.25, -0.2) is 9.97 Å². The number of aromatic nitrogens is 4. The molecule has 0 unspecified atom stereocenters. The standard InChI is InChI=1S/C18H14N4O2/c1-12-17(21-16-5-3-2-4-15(16)20-12)10-23-14-8-6-13(7-9-14)18-22-19-11-24-18/h2-9,11H,10H2,1H3. The van der Waals surface area contributed by atoms with E-state index in [4.69, 9.17) is 9.15 Å². The van der Waals surface area contributed by atoms with Gasteiger partial charge in [-0.1, -0.05) is 12.1 Å². The van der Waals surface area contributed by atoms with Crippen LogP contribution in [-0.2, 0) is 6.61 Å². The van der Waals surface area contributed by atoms with Crippen molar-refractivity contribution >= 4 is 11.0 Å². The Morgan fingerprint density at radius 2 is 1.71 bits per heavy atom. The highest BCUT2D eigenvalue weighted by Crippen LogP contribution is 2.21. The third-order valence-electron chi connectivity index (χ3n) is 3.68. The number of hydrogen-bond donors (Lipinski definition) is 0. The minimum Gasteiger partial charge on any atom is -0.487 e. The lowest BCUT2D eigenvalue weighted by molar-refractivity contribution is 0.300. The van der Waals surface area contributed by atoms with E-state index in [1.165, 1.54) is 6.39 Å². The Labute approximate surface area is 138 Å². The second kappa shape index (κ2) is 6.08. The van der Waals surface area contributed by atoms with Crippen LogP contribution in [0.1, 0.15) is 11.4 Å². The number of hydrogen-bond acceptors (Lipinski definition) is 6. The van der Waals surface area contributed by atoms with Crippen LogP contribution in [0, 0.1) is 6.92 Å². The summed E-state index contributed by atoms with van der Waals surface area (Å²) in [6.45, 7) is 2.31. The fourth-order valence-corrected chi connectivity index (χ4v) is 2.41. The van der Waals surface area contributed by atoms with Gasteiger partial charge in [0.15, 0.2) is 0 Å². The van der Waals surface area contributed by atoms with E-state index >= 15 is 0 Å². The topological polar surface area (TPSA) is 73.9 Å². The van der Waals surface area contributed by atoms with Crippen molar-refractivity contribution in [3.8, 4) is 17.2 Å². The molecule has 0 spiro atoms. The van der Waals surface area contributed by atoms with Crippen molar-refractivity contribution in [3.05, 3.63) is 66.3 Å². The minimum absolute atomic E-state index is 0.365. The molecule has 0 fully saturated rings. The van der Waals surface area contributed by atoms with Crippen LogP contribution < -0.4 is 4.74 Å². The van der Waals surface area contributed by atoms with Gasteiger partial charge in [0.25, 0.3) is 0 Å². The van der Waals surface area contributed by atoms with Crippen LogP contribution in [0.5, 0.6) is 5.75 Å². The van der Waals surface area contributed by atoms with Crippen LogP contribution in [-0.4, -0.2) is 20.2 Å². The molecule has 2 aromatic heterocycles. The Morgan fingerprint density at radius 1 is 0.958 bits per heavy atom. The molecule has 6 heteroatoms. The average molecular weight is 318 g/mol. The van der Waals surface area contributed by atoms with E-state index in [1.807, 2.05) is 55.5 Å². The normalized spacial score (nSPS) is 10.9. The van der Waals surface area contributed by atoms with Crippen LogP contribution in [0.2, 0.25) is 0 Å². The molecule has 0 aliphatic heterocycles. The summed E-state index contributed by atoms with van der Waals surface area (Å²) < 4.78 is 11.0. The maximum atomic E-state index is 5.83. The Balaban J connectivity index is 1.51. The van der Waals surface area contributed by atoms with Gasteiger partial charge in [0.05, 0.1) is 22.4 Å². The number of ether oxygens (including phenoxy) is 1. The molecule has 0 aliphatic carbocycles. The molecular formula is C18H14N4O2. The van der Waals surface area contributed by atoms with Crippen LogP contribution >= 0.6 is 0 Å². The van der Waals surface area contributed by atoms with Crippen molar-refractivity contribution in [1.29, 1.82) is 0 Å². The van der Waals surface area contributed by atoms with Crippen molar-refractivity contribution in [2.75, 3.05) is 0 Å². The van der Waals surface area contributed by atoms with Crippen LogP contribution in [0.25, 0.3) is 22.5 Å². The maximum absolute atomic E-state index is 5.83. The summed E-state index contributed by atoms with van der Waals surface area (Å²) in [5.74, 6) is 1.23. The highest BCUT2D eigenvalue weighted by atomic mass is 16.5. The maximum Gasteiger partial charge on any atom is 0.247 e. The molecule has 0 radical (unpaired) electrons. The zero-order valence-electron chi connectivity index (χ0n) is 13.0. The van der Waals surface area contributed by atoms with E-state index in [1.54, 1.807) is 0 Å². The highest BCUT2D eigenvalue weighted by Gasteiger charge is 2.07. The molecule has 0 aliphatic rings. The Kier molecular flexibility index (Phi) is 3.63. The molecule has 0 saturated carbocycles. The lowest BCUT2D eigenvalue weighted by atomic mass is 10.2. The first-order valence-corrected chi connectivity index (χ1v) is 7.51. The minimum atomic E-state index is 0.365. The lowest BCUT2D eigenvalue weighted by Gasteiger charge is -2.09. The van der Waals surface area contributed by atoms with Gasteiger partial charge in [-0.2, -0.15) is 0 Å². The van der Waals surface area contributed by atoms with Gasteiger partial charge in [0.1, 0.15) is 12.4 Å². The van der Waals surface area contributed by atoms with Crippen molar-refractivity contribution in [2.45, 2.75) is 13.5 Å². The Hall–Kier alpha value is -3.28. The third kappa shape index (κ3) is 2.81. The molecule has 4 rings (SSSR count). The van der Waals surface area contributed by atoms with Crippen molar-refractivity contribution in [2.24, 2.45) is 0 Å². The number of benzene rings is 2. The predicted molar refractivity (Wildman–Crippen MR) is 88.3 cm³/mol. The van der Waals surface area contributed by atoms with Gasteiger partial charge in [-0.15, -0.1) is 10.2 Å². The second-order valence-corrected chi connectivity index (χ2v) is 5.30. The molecule has 0 atom stereocenters. The van der Waals surface area contributed by atoms with Gasteiger partial charge in [0.2, 0.25) is 12.3 Å². The predicted octanol–water partition coefficient (Wildman–Crippen LogP) is 3.57. The average Bonchev–Trinajstić information content (AvgIpc) is 3.15. The zero-order chi connectivity index (χ0) is 16.4. The summed E-state index contributed by atoms with van der Waals surface area (Å²) in [7, 11) is 0. The number of fused-ring (bicyclic) bond motifs is 1. The van der Waals surface area contributed by atoms with Gasteiger partial charge in [-0.3, -0.25) is 0 Å². The molecule has 2 heterocycles. The molecule has 0 saturated heterocycles. The van der Waals surface area contributed by atoms with E-state index < -0.39 is 0 Å². The monoisotopic (exact) mass is 318 g/mol. The molecule has 118 valence electrons. The molecule has 0 bridgehead atoms. The van der Waals surface area contributed by atoms with Crippen molar-refractivity contribution in [3.63, 3.8) is 0 Å². The first-order valence-electron chi connectivity index (χ1n) is 7.51. The summed E-state index contributed by atoms with van der Waals surface area (Å²) in [6, 6.07) is 15.3. The SMILES string of the molecule is Cc1nc2ccccc2nc1COc1ccc(-c2nnco2)cc1. The summed E-state index contributed by atoms with van der Waals surface area (Å²) >= 11 is 0. The van der Waals surface area contributed by atoms with Gasteiger partial charge >= 0.3 is 0 Å². The molecule has 0 amide bonds. The van der Waals surface area contributed by atoms with Gasteiger partial charge in [-0.05, 0) is 43.3 Å². The van der Waals surface area contributed by atoms with E-state index in [0.29, 0.717) is 12.5 Å². The highest BCUT2D eigenvalue weighted by molar-refractivity contribution is 5.74. The van der Waals surface area contributed by atoms with Crippen molar-refractivity contribution < 1.29 is 9.15 Å². The summed E-state index contributed by atoms with van der Waals surface area (Å²) in [5.41, 5.74) is 4.31. The molecular weight excluding hydrogens is 304 g/mol. The molecule has 6 nitrogen and oxygen atoms in total. The molecule has 2 aromatic carbocycles. The first-order chi connectivity index (χ1) is 11.8. The fraction of sp³-hybridized carbons (Fsp3) is 0.111. The quantitative estimate of drug-likeness (QED) is 0.573. The fourth-order valence-electron chi connectivity index (χ4n) is 2.41. The lowest BCUT2D eigenvalue weighted by Crippen LogP contribution is -2.03. The van der Waals surface area contributed by atoms with Crippen LogP contribution in [0.3, 0.4) is 0 Å². The Bertz CT molecular complexity index is 966. The van der Waals surface area contributed by atoms with E-state index in [9.17, 15) is 0 Å². The zero-order valence-corrected chi connectivity index (χ0v) is 13.0. The first kappa shape index (κ1) is 14.3. The van der Waals surface area contributed by atoms with Crippen LogP contribution in [0.15, 0.2) is 59.3 Å². The number of aryl methyl sites for hydroxylation is 1. The molecule has 24 heavy (non-hydrogen) atoms. The van der Waals surface area contributed by atoms with E-state index in [2.05, 4.69) is 20.2 Å². The van der Waals surface area contributed by atoms with Crippen LogP contribution in [0.4, 0.5) is 0 Å². The summed E-state index contributed by atoms with van der Waals surface area (Å²) in [5, 5.41) is 7.54. The van der Waals surface area contributed by atoms with Gasteiger partial charge in [0, 0.05) is 5.56 Å². The van der Waals surface area contributed by atoms with Crippen molar-refractivity contribution in [1.82, 2.24) is 20.2 Å². The number of para-hydroxylation sites is 2. The third-order valence-corrected chi connectivity index (χ3v) is 3.68. The van der Waals surface area contributed by atoms with Gasteiger partial charge < -0.3 is 9.15 Å². The largest absolute Gasteiger partial charge is 0.487 e. The summed E-state index contributed by atoms with van der Waals surface area (Å²) in [4.78, 5) is 9.19. The summed E-state index contributed by atoms with van der Waals surface area (Å²) in [6.07, 6.45) is 1.31. The van der Waals surface area contributed by atoms with E-state index in [0.717, 1.165) is 33.7 Å². The Morgan fingerprint density at radius 3 is 2.42 bits per heavy atom. The second-order valence-electron chi connectivity index (χ2n) is 5.30. The smallest absolute Gasteiger partial charge is 0.247 e. The number of rotatable bonds is 4.